The molecule has 0 atom stereocenters. The van der Waals surface area contributed by atoms with E-state index in [0.29, 0.717) is 5.56 Å². The monoisotopic (exact) mass is 199 g/mol. The van der Waals surface area contributed by atoms with Crippen LogP contribution in [0.5, 0.6) is 0 Å². The smallest absolute Gasteiger partial charge is 0.394 e. The molecule has 0 N–H and O–H groups in total. The number of rotatable bonds is 1. The summed E-state index contributed by atoms with van der Waals surface area (Å²) in [5.74, 6) is 0. The summed E-state index contributed by atoms with van der Waals surface area (Å²) in [6.45, 7) is 1.71. The van der Waals surface area contributed by atoms with Crippen LogP contribution in [0.2, 0.25) is 0 Å². The summed E-state index contributed by atoms with van der Waals surface area (Å²) in [4.78, 5) is 12.6. The molecule has 0 aliphatic heterocycles. The molecule has 0 aliphatic carbocycles. The van der Waals surface area contributed by atoms with E-state index >= 15 is 0 Å². The van der Waals surface area contributed by atoms with Crippen molar-refractivity contribution in [3.05, 3.63) is 38.9 Å². The van der Waals surface area contributed by atoms with Crippen LogP contribution in [0.3, 0.4) is 0 Å². The van der Waals surface area contributed by atoms with E-state index in [1.165, 1.54) is 18.2 Å². The van der Waals surface area contributed by atoms with Gasteiger partial charge in [-0.2, -0.15) is 0 Å². The van der Waals surface area contributed by atoms with Crippen LogP contribution in [0.1, 0.15) is 5.56 Å². The van der Waals surface area contributed by atoms with E-state index in [2.05, 4.69) is 4.98 Å². The number of diazo groups is 1. The lowest BCUT2D eigenvalue weighted by Crippen LogP contribution is -3.00. The lowest BCUT2D eigenvalue weighted by atomic mass is 10.2. The maximum atomic E-state index is 10.3. The molecule has 0 spiro atoms. The highest BCUT2D eigenvalue weighted by atomic mass is 35.5. The van der Waals surface area contributed by atoms with Crippen LogP contribution in [-0.2, 0) is 0 Å². The summed E-state index contributed by atoms with van der Waals surface area (Å²) in [5.41, 5.74) is 0.848. The van der Waals surface area contributed by atoms with Crippen LogP contribution in [0.4, 0.5) is 11.4 Å². The SMILES string of the molecule is Cc1ccc([N+](=O)[O-])cc1[N+]#N.[Cl-]. The van der Waals surface area contributed by atoms with Crippen molar-refractivity contribution in [3.8, 4) is 0 Å². The zero-order valence-corrected chi connectivity index (χ0v) is 7.52. The van der Waals surface area contributed by atoms with Crippen LogP contribution in [0.15, 0.2) is 18.2 Å². The molecule has 1 rings (SSSR count). The Labute approximate surface area is 80.6 Å². The minimum absolute atomic E-state index is 0. The van der Waals surface area contributed by atoms with Gasteiger partial charge in [0.25, 0.3) is 5.69 Å². The van der Waals surface area contributed by atoms with Gasteiger partial charge < -0.3 is 12.4 Å². The number of hydrogen-bond acceptors (Lipinski definition) is 3. The third-order valence-corrected chi connectivity index (χ3v) is 1.51. The highest BCUT2D eigenvalue weighted by Crippen LogP contribution is 2.23. The number of nitro benzene ring substituents is 1. The first-order valence-corrected chi connectivity index (χ1v) is 3.25. The zero-order valence-electron chi connectivity index (χ0n) is 6.77. The summed E-state index contributed by atoms with van der Waals surface area (Å²) < 4.78 is 0. The molecule has 0 bridgehead atoms. The maximum absolute atomic E-state index is 10.3. The average molecular weight is 200 g/mol. The quantitative estimate of drug-likeness (QED) is 0.344. The van der Waals surface area contributed by atoms with Crippen molar-refractivity contribution in [3.63, 3.8) is 0 Å². The Morgan fingerprint density at radius 3 is 2.62 bits per heavy atom. The van der Waals surface area contributed by atoms with Crippen LogP contribution in [-0.4, -0.2) is 4.92 Å². The molecule has 13 heavy (non-hydrogen) atoms. The molecule has 0 unspecified atom stereocenters. The maximum Gasteiger partial charge on any atom is 0.394 e. The van der Waals surface area contributed by atoms with Gasteiger partial charge in [-0.1, -0.05) is 0 Å². The van der Waals surface area contributed by atoms with Gasteiger partial charge in [-0.3, -0.25) is 10.1 Å². The second-order valence-corrected chi connectivity index (χ2v) is 2.33. The first-order chi connectivity index (χ1) is 5.65. The average Bonchev–Trinajstić information content (AvgIpc) is 2.05. The normalized spacial score (nSPS) is 8.31. The first kappa shape index (κ1) is 11.3. The molecule has 0 fully saturated rings. The Morgan fingerprint density at radius 1 is 1.54 bits per heavy atom. The van der Waals surface area contributed by atoms with Crippen molar-refractivity contribution in [2.45, 2.75) is 6.92 Å². The Hall–Kier alpha value is -1.67. The molecule has 0 aromatic heterocycles. The van der Waals surface area contributed by atoms with E-state index in [0.717, 1.165) is 0 Å². The van der Waals surface area contributed by atoms with Gasteiger partial charge in [-0.15, -0.1) is 0 Å². The van der Waals surface area contributed by atoms with Crippen LogP contribution in [0, 0.1) is 22.4 Å². The van der Waals surface area contributed by atoms with Crippen molar-refractivity contribution in [2.24, 2.45) is 0 Å². The van der Waals surface area contributed by atoms with Crippen LogP contribution in [0.25, 0.3) is 4.98 Å². The van der Waals surface area contributed by atoms with Gasteiger partial charge in [0, 0.05) is 11.6 Å². The number of benzene rings is 1. The van der Waals surface area contributed by atoms with E-state index in [1.807, 2.05) is 0 Å². The van der Waals surface area contributed by atoms with Crippen molar-refractivity contribution in [1.29, 1.82) is 5.39 Å². The van der Waals surface area contributed by atoms with Crippen LogP contribution >= 0.6 is 0 Å². The molecule has 0 saturated heterocycles. The molecule has 0 heterocycles. The summed E-state index contributed by atoms with van der Waals surface area (Å²) in [6.07, 6.45) is 0. The second kappa shape index (κ2) is 4.38. The number of non-ortho nitro benzene ring substituents is 1. The van der Waals surface area contributed by atoms with Gasteiger partial charge in [0.2, 0.25) is 5.39 Å². The van der Waals surface area contributed by atoms with E-state index in [9.17, 15) is 10.1 Å². The molecule has 5 nitrogen and oxygen atoms in total. The van der Waals surface area contributed by atoms with Crippen molar-refractivity contribution in [2.75, 3.05) is 0 Å². The molecule has 1 aromatic carbocycles. The summed E-state index contributed by atoms with van der Waals surface area (Å²) >= 11 is 0. The van der Waals surface area contributed by atoms with E-state index in [4.69, 9.17) is 5.39 Å². The van der Waals surface area contributed by atoms with Gasteiger partial charge in [-0.05, 0) is 13.0 Å². The third-order valence-electron chi connectivity index (χ3n) is 1.51. The fourth-order valence-corrected chi connectivity index (χ4v) is 0.819. The fourth-order valence-electron chi connectivity index (χ4n) is 0.819. The number of nitrogens with zero attached hydrogens (tertiary/aromatic N) is 3. The third kappa shape index (κ3) is 2.39. The fraction of sp³-hybridized carbons (Fsp3) is 0.143. The predicted molar refractivity (Wildman–Crippen MR) is 42.6 cm³/mol. The van der Waals surface area contributed by atoms with Crippen molar-refractivity contribution >= 4 is 11.4 Å². The number of nitro groups is 1. The molecule has 0 saturated carbocycles. The van der Waals surface area contributed by atoms with Crippen molar-refractivity contribution in [1.82, 2.24) is 0 Å². The summed E-state index contributed by atoms with van der Waals surface area (Å²) in [6, 6.07) is 4.12. The summed E-state index contributed by atoms with van der Waals surface area (Å²) in [7, 11) is 0. The molecule has 6 heteroatoms. The standard InChI is InChI=1S/C7H6N3O2.ClH/c1-5-2-3-6(10(11)12)4-7(5)9-8;/h2-4H,1H3;1H/q+1;/p-1. The first-order valence-electron chi connectivity index (χ1n) is 3.25. The van der Waals surface area contributed by atoms with E-state index < -0.39 is 4.92 Å². The van der Waals surface area contributed by atoms with Crippen molar-refractivity contribution < 1.29 is 17.3 Å². The Kier molecular flexibility index (Phi) is 3.82. The predicted octanol–water partition coefficient (Wildman–Crippen LogP) is -0.608. The molecular formula is C7H6ClN3O2. The lowest BCUT2D eigenvalue weighted by molar-refractivity contribution is -0.384. The highest BCUT2D eigenvalue weighted by Gasteiger charge is 2.15. The van der Waals surface area contributed by atoms with Gasteiger partial charge in [0.15, 0.2) is 4.98 Å². The molecule has 1 aromatic rings. The van der Waals surface area contributed by atoms with Gasteiger partial charge in [-0.25, -0.2) is 0 Å². The van der Waals surface area contributed by atoms with Crippen LogP contribution < -0.4 is 12.4 Å². The Balaban J connectivity index is 0.00000144. The summed E-state index contributed by atoms with van der Waals surface area (Å²) in [5, 5.41) is 18.7. The second-order valence-electron chi connectivity index (χ2n) is 2.33. The topological polar surface area (TPSA) is 71.3 Å². The highest BCUT2D eigenvalue weighted by molar-refractivity contribution is 5.56. The minimum atomic E-state index is -0.534. The van der Waals surface area contributed by atoms with Gasteiger partial charge >= 0.3 is 5.69 Å². The lowest BCUT2D eigenvalue weighted by Gasteiger charge is -1.88. The Morgan fingerprint density at radius 2 is 2.15 bits per heavy atom. The van der Waals surface area contributed by atoms with E-state index in [1.54, 1.807) is 6.92 Å². The zero-order chi connectivity index (χ0) is 9.14. The molecular weight excluding hydrogens is 194 g/mol. The molecule has 0 aliphatic rings. The van der Waals surface area contributed by atoms with Gasteiger partial charge in [0.05, 0.1) is 4.92 Å². The number of hydrogen-bond donors (Lipinski definition) is 0. The molecule has 0 amide bonds. The minimum Gasteiger partial charge on any atom is -1.00 e. The number of halogens is 1. The molecule has 68 valence electrons. The largest absolute Gasteiger partial charge is 1.00 e. The number of aryl methyl sites for hydroxylation is 1. The Bertz CT molecular complexity index is 372. The van der Waals surface area contributed by atoms with E-state index in [-0.39, 0.29) is 23.8 Å². The molecule has 0 radical (unpaired) electrons. The van der Waals surface area contributed by atoms with Gasteiger partial charge in [0.1, 0.15) is 6.07 Å².